The fourth-order valence-electron chi connectivity index (χ4n) is 4.05. The molecule has 0 bridgehead atoms. The number of Topliss-reactive ketones (excluding diaryl/α,β-unsaturated/α-hetero) is 1. The number of amides is 1. The highest BCUT2D eigenvalue weighted by atomic mass is 16.5. The lowest BCUT2D eigenvalue weighted by Gasteiger charge is -2.25. The Balaban J connectivity index is 1.77. The van der Waals surface area contributed by atoms with Gasteiger partial charge in [0.25, 0.3) is 11.7 Å². The van der Waals surface area contributed by atoms with Gasteiger partial charge in [-0.05, 0) is 66.4 Å². The number of furan rings is 1. The molecule has 2 heterocycles. The molecule has 1 saturated heterocycles. The molecule has 0 saturated carbocycles. The molecule has 4 rings (SSSR count). The number of hydrogen-bond donors (Lipinski definition) is 1. The Morgan fingerprint density at radius 3 is 2.49 bits per heavy atom. The van der Waals surface area contributed by atoms with Crippen molar-refractivity contribution in [3.05, 3.63) is 89.4 Å². The van der Waals surface area contributed by atoms with Crippen molar-refractivity contribution >= 4 is 17.4 Å². The minimum atomic E-state index is -0.809. The fourth-order valence-corrected chi connectivity index (χ4v) is 4.05. The minimum Gasteiger partial charge on any atom is -0.507 e. The monoisotopic (exact) mass is 475 g/mol. The number of aliphatic hydroxyl groups excluding tert-OH is 1. The number of benzene rings is 2. The number of carbonyl (C=O) groups is 2. The number of likely N-dealkylation sites (tertiary alicyclic amines) is 1. The lowest BCUT2D eigenvalue weighted by molar-refractivity contribution is -0.140. The molecule has 7 heteroatoms. The van der Waals surface area contributed by atoms with Crippen LogP contribution < -0.4 is 9.47 Å². The number of aliphatic hydroxyl groups is 1. The molecule has 2 aromatic carbocycles. The first-order valence-electron chi connectivity index (χ1n) is 11.6. The summed E-state index contributed by atoms with van der Waals surface area (Å²) in [7, 11) is 1.55. The van der Waals surface area contributed by atoms with Gasteiger partial charge in [0.2, 0.25) is 0 Å². The normalized spacial score (nSPS) is 17.3. The van der Waals surface area contributed by atoms with Crippen LogP contribution in [0.2, 0.25) is 0 Å². The number of ketones is 1. The average Bonchev–Trinajstić information content (AvgIpc) is 3.46. The maximum atomic E-state index is 13.2. The Morgan fingerprint density at radius 2 is 1.83 bits per heavy atom. The average molecular weight is 476 g/mol. The van der Waals surface area contributed by atoms with Crippen LogP contribution in [0.5, 0.6) is 11.5 Å². The van der Waals surface area contributed by atoms with E-state index < -0.39 is 17.7 Å². The maximum Gasteiger partial charge on any atom is 0.296 e. The van der Waals surface area contributed by atoms with Gasteiger partial charge >= 0.3 is 0 Å². The van der Waals surface area contributed by atoms with Crippen LogP contribution in [0.3, 0.4) is 0 Å². The lowest BCUT2D eigenvalue weighted by Crippen LogP contribution is -2.29. The second kappa shape index (κ2) is 10.5. The number of carbonyl (C=O) groups excluding carboxylic acids is 2. The zero-order valence-electron chi connectivity index (χ0n) is 20.1. The standard InChI is InChI=1S/C28H29NO6/c1-18(2)13-15-35-22-7-4-6-20(16-22)25-24(26(30)19-9-11-21(33-3)12-10-19)27(31)28(32)29(25)17-23-8-5-14-34-23/h4-12,14,16,18,25,30H,13,15,17H2,1-3H3/b26-24+. The van der Waals surface area contributed by atoms with Crippen molar-refractivity contribution in [1.29, 1.82) is 0 Å². The van der Waals surface area contributed by atoms with E-state index in [0.29, 0.717) is 40.9 Å². The Kier molecular flexibility index (Phi) is 7.25. The molecule has 1 N–H and O–H groups in total. The molecular weight excluding hydrogens is 446 g/mol. The molecule has 7 nitrogen and oxygen atoms in total. The first-order valence-corrected chi connectivity index (χ1v) is 11.6. The van der Waals surface area contributed by atoms with Crippen LogP contribution in [0.4, 0.5) is 0 Å². The van der Waals surface area contributed by atoms with Crippen LogP contribution in [0.15, 0.2) is 76.9 Å². The van der Waals surface area contributed by atoms with Crippen LogP contribution in [0.1, 0.15) is 43.2 Å². The lowest BCUT2D eigenvalue weighted by atomic mass is 9.95. The molecule has 1 atom stereocenters. The van der Waals surface area contributed by atoms with Crippen LogP contribution in [0, 0.1) is 5.92 Å². The van der Waals surface area contributed by atoms with Gasteiger partial charge in [0.05, 0.1) is 38.1 Å². The molecular formula is C28H29NO6. The minimum absolute atomic E-state index is 0.0195. The van der Waals surface area contributed by atoms with Crippen molar-refractivity contribution in [2.45, 2.75) is 32.9 Å². The van der Waals surface area contributed by atoms with Gasteiger partial charge in [-0.1, -0.05) is 26.0 Å². The Hall–Kier alpha value is -4.00. The van der Waals surface area contributed by atoms with E-state index in [4.69, 9.17) is 13.9 Å². The summed E-state index contributed by atoms with van der Waals surface area (Å²) in [5.74, 6) is 0.588. The summed E-state index contributed by atoms with van der Waals surface area (Å²) < 4.78 is 16.6. The van der Waals surface area contributed by atoms with Crippen LogP contribution in [0.25, 0.3) is 5.76 Å². The molecule has 0 aliphatic carbocycles. The third-order valence-corrected chi connectivity index (χ3v) is 5.95. The van der Waals surface area contributed by atoms with Gasteiger partial charge < -0.3 is 23.9 Å². The summed E-state index contributed by atoms with van der Waals surface area (Å²) in [6.07, 6.45) is 2.42. The second-order valence-electron chi connectivity index (χ2n) is 8.84. The molecule has 1 aliphatic rings. The molecule has 35 heavy (non-hydrogen) atoms. The van der Waals surface area contributed by atoms with Crippen molar-refractivity contribution in [1.82, 2.24) is 4.90 Å². The highest BCUT2D eigenvalue weighted by Gasteiger charge is 2.46. The van der Waals surface area contributed by atoms with Gasteiger partial charge in [-0.3, -0.25) is 9.59 Å². The van der Waals surface area contributed by atoms with Gasteiger partial charge in [0.1, 0.15) is 23.0 Å². The fraction of sp³-hybridized carbons (Fsp3) is 0.286. The molecule has 182 valence electrons. The van der Waals surface area contributed by atoms with E-state index in [2.05, 4.69) is 13.8 Å². The zero-order valence-corrected chi connectivity index (χ0v) is 20.1. The van der Waals surface area contributed by atoms with Crippen LogP contribution in [-0.4, -0.2) is 35.4 Å². The van der Waals surface area contributed by atoms with Crippen LogP contribution in [-0.2, 0) is 16.1 Å². The number of nitrogens with zero attached hydrogens (tertiary/aromatic N) is 1. The molecule has 1 unspecified atom stereocenters. The quantitative estimate of drug-likeness (QED) is 0.255. The van der Waals surface area contributed by atoms with E-state index >= 15 is 0 Å². The maximum absolute atomic E-state index is 13.2. The smallest absolute Gasteiger partial charge is 0.296 e. The van der Waals surface area contributed by atoms with Gasteiger partial charge in [-0.25, -0.2) is 0 Å². The highest BCUT2D eigenvalue weighted by Crippen LogP contribution is 2.41. The van der Waals surface area contributed by atoms with Crippen molar-refractivity contribution in [3.8, 4) is 11.5 Å². The topological polar surface area (TPSA) is 89.2 Å². The molecule has 1 aromatic heterocycles. The second-order valence-corrected chi connectivity index (χ2v) is 8.84. The highest BCUT2D eigenvalue weighted by molar-refractivity contribution is 6.46. The summed E-state index contributed by atoms with van der Waals surface area (Å²) in [6, 6.07) is 16.6. The molecule has 0 spiro atoms. The van der Waals surface area contributed by atoms with E-state index in [-0.39, 0.29) is 17.9 Å². The van der Waals surface area contributed by atoms with Crippen LogP contribution >= 0.6 is 0 Å². The number of rotatable bonds is 9. The van der Waals surface area contributed by atoms with Crippen molar-refractivity contribution < 1.29 is 28.6 Å². The summed E-state index contributed by atoms with van der Waals surface area (Å²) in [4.78, 5) is 27.8. The number of hydrogen-bond acceptors (Lipinski definition) is 6. The van der Waals surface area contributed by atoms with E-state index in [0.717, 1.165) is 6.42 Å². The van der Waals surface area contributed by atoms with E-state index in [1.54, 1.807) is 43.5 Å². The predicted molar refractivity (Wildman–Crippen MR) is 131 cm³/mol. The van der Waals surface area contributed by atoms with Gasteiger partial charge in [-0.2, -0.15) is 0 Å². The molecule has 1 aliphatic heterocycles. The molecule has 1 amide bonds. The van der Waals surface area contributed by atoms with Gasteiger partial charge in [0, 0.05) is 5.56 Å². The Labute approximate surface area is 204 Å². The van der Waals surface area contributed by atoms with E-state index in [1.807, 2.05) is 24.3 Å². The zero-order chi connectivity index (χ0) is 24.9. The largest absolute Gasteiger partial charge is 0.507 e. The first-order chi connectivity index (χ1) is 16.9. The number of methoxy groups -OCH3 is 1. The third kappa shape index (κ3) is 5.24. The van der Waals surface area contributed by atoms with Crippen molar-refractivity contribution in [3.63, 3.8) is 0 Å². The molecule has 1 fully saturated rings. The number of ether oxygens (including phenoxy) is 2. The summed E-state index contributed by atoms with van der Waals surface area (Å²) >= 11 is 0. The first kappa shape index (κ1) is 24.1. The van der Waals surface area contributed by atoms with Crippen molar-refractivity contribution in [2.75, 3.05) is 13.7 Å². The summed E-state index contributed by atoms with van der Waals surface area (Å²) in [6.45, 7) is 4.89. The van der Waals surface area contributed by atoms with E-state index in [1.165, 1.54) is 11.2 Å². The Morgan fingerprint density at radius 1 is 1.06 bits per heavy atom. The van der Waals surface area contributed by atoms with Gasteiger partial charge in [0.15, 0.2) is 0 Å². The third-order valence-electron chi connectivity index (χ3n) is 5.95. The van der Waals surface area contributed by atoms with Gasteiger partial charge in [-0.15, -0.1) is 0 Å². The van der Waals surface area contributed by atoms with Crippen molar-refractivity contribution in [2.24, 2.45) is 5.92 Å². The molecule has 3 aromatic rings. The predicted octanol–water partition coefficient (Wildman–Crippen LogP) is 5.34. The van der Waals surface area contributed by atoms with E-state index in [9.17, 15) is 14.7 Å². The Bertz CT molecular complexity index is 1210. The molecule has 0 radical (unpaired) electrons. The summed E-state index contributed by atoms with van der Waals surface area (Å²) in [5.41, 5.74) is 1.09. The summed E-state index contributed by atoms with van der Waals surface area (Å²) in [5, 5.41) is 11.2. The SMILES string of the molecule is COc1ccc(/C(O)=C2\C(=O)C(=O)N(Cc3ccco3)C2c2cccc(OCCC(C)C)c2)cc1.